The van der Waals surface area contributed by atoms with Crippen LogP contribution in [0.1, 0.15) is 22.4 Å². The van der Waals surface area contributed by atoms with Crippen LogP contribution in [0.25, 0.3) is 11.6 Å². The average molecular weight is 534 g/mol. The highest BCUT2D eigenvalue weighted by Gasteiger charge is 2.18. The van der Waals surface area contributed by atoms with Crippen LogP contribution in [0, 0.1) is 5.82 Å². The lowest BCUT2D eigenvalue weighted by Crippen LogP contribution is -2.08. The summed E-state index contributed by atoms with van der Waals surface area (Å²) < 4.78 is 42.6. The molecule has 202 valence electrons. The van der Waals surface area contributed by atoms with Crippen molar-refractivity contribution in [2.75, 3.05) is 28.4 Å². The van der Waals surface area contributed by atoms with E-state index in [4.69, 9.17) is 23.7 Å². The molecule has 39 heavy (non-hydrogen) atoms. The van der Waals surface area contributed by atoms with E-state index < -0.39 is 5.97 Å². The smallest absolute Gasteiger partial charge is 0.339 e. The molecule has 0 N–H and O–H groups in total. The number of hydrogen-bond donors (Lipinski definition) is 0. The largest absolute Gasteiger partial charge is 0.493 e. The van der Waals surface area contributed by atoms with Gasteiger partial charge in [-0.25, -0.2) is 13.9 Å². The van der Waals surface area contributed by atoms with Gasteiger partial charge in [0.25, 0.3) is 0 Å². The third kappa shape index (κ3) is 6.53. The summed E-state index contributed by atoms with van der Waals surface area (Å²) in [5.74, 6) is 1.12. The molecule has 10 heteroatoms. The number of rotatable bonds is 11. The summed E-state index contributed by atoms with van der Waals surface area (Å²) in [6, 6.07) is 16.9. The van der Waals surface area contributed by atoms with Crippen LogP contribution < -0.4 is 18.9 Å². The molecule has 0 radical (unpaired) electrons. The van der Waals surface area contributed by atoms with Gasteiger partial charge in [-0.1, -0.05) is 35.5 Å². The van der Waals surface area contributed by atoms with Crippen LogP contribution in [0.15, 0.2) is 66.9 Å². The molecule has 0 atom stereocenters. The Bertz CT molecular complexity index is 1480. The molecule has 0 aliphatic heterocycles. The van der Waals surface area contributed by atoms with E-state index in [2.05, 4.69) is 10.3 Å². The summed E-state index contributed by atoms with van der Waals surface area (Å²) >= 11 is 0. The second-order valence-electron chi connectivity index (χ2n) is 8.32. The van der Waals surface area contributed by atoms with Gasteiger partial charge in [-0.15, -0.1) is 5.10 Å². The van der Waals surface area contributed by atoms with Crippen LogP contribution in [0.5, 0.6) is 23.0 Å². The highest BCUT2D eigenvalue weighted by molar-refractivity contribution is 6.21. The van der Waals surface area contributed by atoms with Crippen molar-refractivity contribution in [3.8, 4) is 23.0 Å². The molecule has 9 nitrogen and oxygen atoms in total. The molecular weight excluding hydrogens is 505 g/mol. The Morgan fingerprint density at radius 1 is 0.872 bits per heavy atom. The van der Waals surface area contributed by atoms with Crippen molar-refractivity contribution in [1.82, 2.24) is 15.0 Å². The van der Waals surface area contributed by atoms with Crippen LogP contribution in [0.2, 0.25) is 0 Å². The molecular formula is C29H28FN3O6. The molecule has 0 saturated carbocycles. The fourth-order valence-corrected chi connectivity index (χ4v) is 3.87. The van der Waals surface area contributed by atoms with Crippen LogP contribution in [-0.2, 0) is 22.7 Å². The van der Waals surface area contributed by atoms with E-state index in [0.717, 1.165) is 0 Å². The highest BCUT2D eigenvalue weighted by atomic mass is 19.1. The Hall–Kier alpha value is -4.86. The van der Waals surface area contributed by atoms with Crippen LogP contribution in [0.4, 0.5) is 4.39 Å². The number of ether oxygens (including phenoxy) is 5. The van der Waals surface area contributed by atoms with E-state index >= 15 is 0 Å². The molecule has 3 aromatic carbocycles. The van der Waals surface area contributed by atoms with Crippen molar-refractivity contribution < 1.29 is 32.9 Å². The van der Waals surface area contributed by atoms with Crippen LogP contribution in [-0.4, -0.2) is 49.4 Å². The number of nitrogens with zero attached hydrogens (tertiary/aromatic N) is 3. The predicted octanol–water partition coefficient (Wildman–Crippen LogP) is 4.78. The molecule has 0 saturated heterocycles. The number of carbonyl (C=O) groups excluding carboxylic acids is 1. The molecule has 0 aliphatic carbocycles. The molecule has 0 spiro atoms. The predicted molar refractivity (Wildman–Crippen MR) is 142 cm³/mol. The average Bonchev–Trinajstić information content (AvgIpc) is 3.42. The van der Waals surface area contributed by atoms with Crippen molar-refractivity contribution >= 4 is 17.6 Å². The Balaban J connectivity index is 1.59. The van der Waals surface area contributed by atoms with Crippen molar-refractivity contribution in [3.05, 3.63) is 95.1 Å². The molecule has 4 aromatic rings. The summed E-state index contributed by atoms with van der Waals surface area (Å²) in [6.45, 7) is 0.0659. The van der Waals surface area contributed by atoms with E-state index in [1.165, 1.54) is 32.1 Å². The topological polar surface area (TPSA) is 93.9 Å². The zero-order valence-electron chi connectivity index (χ0n) is 22.0. The fraction of sp³-hybridized carbons (Fsp3) is 0.207. The van der Waals surface area contributed by atoms with Gasteiger partial charge < -0.3 is 23.7 Å². The second-order valence-corrected chi connectivity index (χ2v) is 8.32. The summed E-state index contributed by atoms with van der Waals surface area (Å²) in [7, 11) is 6.13. The monoisotopic (exact) mass is 533 g/mol. The lowest BCUT2D eigenvalue weighted by molar-refractivity contribution is -0.137. The standard InChI is InChI=1S/C29H28FN3O6/c1-35-25-11-9-19(14-27(25)37-3)13-23(20-10-12-26(36-2)28(15-20)38-4)29(34)39-18-22-17-33(32-31-22)16-21-7-5-6-8-24(21)30/h5-15,17H,16,18H2,1-4H3/b23-13+. The zero-order chi connectivity index (χ0) is 27.8. The Labute approximate surface area is 225 Å². The number of esters is 1. The van der Waals surface area contributed by atoms with Gasteiger partial charge in [0.2, 0.25) is 0 Å². The van der Waals surface area contributed by atoms with Gasteiger partial charge in [0, 0.05) is 5.56 Å². The summed E-state index contributed by atoms with van der Waals surface area (Å²) in [6.07, 6.45) is 3.29. The maximum absolute atomic E-state index is 14.0. The minimum Gasteiger partial charge on any atom is -0.493 e. The van der Waals surface area contributed by atoms with Crippen molar-refractivity contribution in [1.29, 1.82) is 0 Å². The summed E-state index contributed by atoms with van der Waals surface area (Å²) in [5, 5.41) is 8.07. The lowest BCUT2D eigenvalue weighted by Gasteiger charge is -2.13. The highest BCUT2D eigenvalue weighted by Crippen LogP contribution is 2.33. The van der Waals surface area contributed by atoms with Crippen molar-refractivity contribution in [3.63, 3.8) is 0 Å². The summed E-state index contributed by atoms with van der Waals surface area (Å²) in [5.41, 5.74) is 2.39. The number of aromatic nitrogens is 3. The maximum atomic E-state index is 14.0. The zero-order valence-corrected chi connectivity index (χ0v) is 22.0. The maximum Gasteiger partial charge on any atom is 0.339 e. The van der Waals surface area contributed by atoms with Gasteiger partial charge in [-0.3, -0.25) is 0 Å². The van der Waals surface area contributed by atoms with E-state index in [1.54, 1.807) is 74.0 Å². The number of methoxy groups -OCH3 is 4. The van der Waals surface area contributed by atoms with E-state index in [9.17, 15) is 9.18 Å². The number of halogens is 1. The first-order chi connectivity index (χ1) is 18.9. The van der Waals surface area contributed by atoms with Crippen LogP contribution >= 0.6 is 0 Å². The molecule has 4 rings (SSSR count). The number of hydrogen-bond acceptors (Lipinski definition) is 8. The first kappa shape index (κ1) is 27.2. The minimum atomic E-state index is -0.597. The molecule has 0 bridgehead atoms. The molecule has 0 amide bonds. The molecule has 1 heterocycles. The Kier molecular flexibility index (Phi) is 8.78. The summed E-state index contributed by atoms with van der Waals surface area (Å²) in [4.78, 5) is 13.4. The number of benzene rings is 3. The van der Waals surface area contributed by atoms with Gasteiger partial charge in [-0.05, 0) is 47.5 Å². The molecule has 0 aliphatic rings. The van der Waals surface area contributed by atoms with E-state index in [-0.39, 0.29) is 24.5 Å². The third-order valence-corrected chi connectivity index (χ3v) is 5.86. The minimum absolute atomic E-state index is 0.132. The molecule has 0 fully saturated rings. The van der Waals surface area contributed by atoms with Gasteiger partial charge in [-0.2, -0.15) is 0 Å². The van der Waals surface area contributed by atoms with Gasteiger partial charge in [0.05, 0.1) is 46.8 Å². The van der Waals surface area contributed by atoms with Gasteiger partial charge >= 0.3 is 5.97 Å². The normalized spacial score (nSPS) is 11.2. The van der Waals surface area contributed by atoms with Crippen LogP contribution in [0.3, 0.4) is 0 Å². The first-order valence-corrected chi connectivity index (χ1v) is 11.9. The first-order valence-electron chi connectivity index (χ1n) is 11.9. The quantitative estimate of drug-likeness (QED) is 0.154. The van der Waals surface area contributed by atoms with E-state index in [0.29, 0.717) is 45.4 Å². The Morgan fingerprint density at radius 3 is 2.23 bits per heavy atom. The van der Waals surface area contributed by atoms with Crippen molar-refractivity contribution in [2.45, 2.75) is 13.2 Å². The molecule has 1 aromatic heterocycles. The second kappa shape index (κ2) is 12.6. The van der Waals surface area contributed by atoms with Crippen molar-refractivity contribution in [2.24, 2.45) is 0 Å². The molecule has 0 unspecified atom stereocenters. The van der Waals surface area contributed by atoms with Gasteiger partial charge in [0.1, 0.15) is 18.1 Å². The fourth-order valence-electron chi connectivity index (χ4n) is 3.87. The number of carbonyl (C=O) groups is 1. The Morgan fingerprint density at radius 2 is 1.54 bits per heavy atom. The SMILES string of the molecule is COc1ccc(/C=C(/C(=O)OCc2cn(Cc3ccccc3F)nn2)c2ccc(OC)c(OC)c2)cc1OC. The van der Waals surface area contributed by atoms with Gasteiger partial charge in [0.15, 0.2) is 23.0 Å². The third-order valence-electron chi connectivity index (χ3n) is 5.86. The van der Waals surface area contributed by atoms with E-state index in [1.807, 2.05) is 0 Å². The lowest BCUT2D eigenvalue weighted by atomic mass is 10.0.